The first kappa shape index (κ1) is 24.0. The van der Waals surface area contributed by atoms with Crippen molar-refractivity contribution in [3.8, 4) is 0 Å². The van der Waals surface area contributed by atoms with Gasteiger partial charge in [0.1, 0.15) is 5.82 Å². The summed E-state index contributed by atoms with van der Waals surface area (Å²) >= 11 is 0. The number of amides is 3. The zero-order chi connectivity index (χ0) is 25.5. The van der Waals surface area contributed by atoms with Gasteiger partial charge in [0, 0.05) is 38.9 Å². The molecule has 196 valence electrons. The van der Waals surface area contributed by atoms with Crippen molar-refractivity contribution >= 4 is 29.3 Å². The smallest absolute Gasteiger partial charge is 0.320 e. The van der Waals surface area contributed by atoms with Crippen LogP contribution >= 0.6 is 0 Å². The molecule has 3 aliphatic heterocycles. The van der Waals surface area contributed by atoms with E-state index in [4.69, 9.17) is 10.7 Å². The van der Waals surface area contributed by atoms with Crippen molar-refractivity contribution in [2.24, 2.45) is 17.6 Å². The van der Waals surface area contributed by atoms with Crippen molar-refractivity contribution in [2.45, 2.75) is 37.6 Å². The topological polar surface area (TPSA) is 120 Å². The van der Waals surface area contributed by atoms with Gasteiger partial charge in [-0.2, -0.15) is 0 Å². The highest BCUT2D eigenvalue weighted by molar-refractivity contribution is 5.96. The van der Waals surface area contributed by atoms with Gasteiger partial charge in [-0.15, -0.1) is 0 Å². The summed E-state index contributed by atoms with van der Waals surface area (Å²) < 4.78 is 0. The fourth-order valence-electron chi connectivity index (χ4n) is 6.64. The number of primary amides is 1. The van der Waals surface area contributed by atoms with Crippen molar-refractivity contribution in [3.05, 3.63) is 41.7 Å². The van der Waals surface area contributed by atoms with Gasteiger partial charge < -0.3 is 31.1 Å². The third-order valence-electron chi connectivity index (χ3n) is 8.70. The number of nitrogens with two attached hydrogens (primary N) is 1. The van der Waals surface area contributed by atoms with Crippen LogP contribution in [0.3, 0.4) is 0 Å². The van der Waals surface area contributed by atoms with Gasteiger partial charge in [-0.3, -0.25) is 4.79 Å². The quantitative estimate of drug-likeness (QED) is 0.552. The van der Waals surface area contributed by atoms with E-state index in [0.717, 1.165) is 63.1 Å². The third-order valence-corrected chi connectivity index (χ3v) is 8.70. The number of piperidine rings is 1. The molecule has 3 amide bonds. The molecule has 3 saturated heterocycles. The van der Waals surface area contributed by atoms with Crippen LogP contribution in [0.5, 0.6) is 0 Å². The number of carbonyl (C=O) groups excluding carboxylic acids is 2. The number of rotatable bonds is 6. The van der Waals surface area contributed by atoms with E-state index in [-0.39, 0.29) is 17.8 Å². The van der Waals surface area contributed by atoms with Crippen LogP contribution in [0.4, 0.5) is 22.1 Å². The number of fused-ring (bicyclic) bond motifs is 1. The molecule has 4 fully saturated rings. The molecule has 10 heteroatoms. The first-order chi connectivity index (χ1) is 18.0. The van der Waals surface area contributed by atoms with Crippen molar-refractivity contribution in [3.63, 3.8) is 0 Å². The standard InChI is InChI=1S/C27H36N8O2/c1-33-9-10-35(27(33)37)22-3-2-8-34(16-22)23-15-30-24(25(28)36)26(32-23)31-21-6-4-17(5-7-21)18-11-19-13-29-14-20(19)12-18/h4-7,15,18-20,22,29H,2-3,8-14,16H2,1H3,(H2,28,36)(H,31,32)/t18?,19-,20?,22-/m1/s1. The highest BCUT2D eigenvalue weighted by Crippen LogP contribution is 2.44. The minimum absolute atomic E-state index is 0.0882. The van der Waals surface area contributed by atoms with Gasteiger partial charge in [0.25, 0.3) is 5.91 Å². The molecule has 4 N–H and O–H groups in total. The Hall–Kier alpha value is -3.40. The molecule has 10 nitrogen and oxygen atoms in total. The molecule has 0 radical (unpaired) electrons. The zero-order valence-corrected chi connectivity index (χ0v) is 21.4. The number of likely N-dealkylation sites (N-methyl/N-ethyl adjacent to an activating group) is 1. The number of nitrogens with one attached hydrogen (secondary N) is 2. The third kappa shape index (κ3) is 4.70. The summed E-state index contributed by atoms with van der Waals surface area (Å²) in [5.41, 5.74) is 7.97. The van der Waals surface area contributed by atoms with Crippen molar-refractivity contribution in [1.29, 1.82) is 0 Å². The van der Waals surface area contributed by atoms with Crippen molar-refractivity contribution in [2.75, 3.05) is 56.5 Å². The Morgan fingerprint density at radius 3 is 2.54 bits per heavy atom. The molecule has 4 heterocycles. The number of benzene rings is 1. The number of anilines is 3. The summed E-state index contributed by atoms with van der Waals surface area (Å²) in [6.07, 6.45) is 6.04. The Labute approximate surface area is 217 Å². The Morgan fingerprint density at radius 2 is 1.86 bits per heavy atom. The van der Waals surface area contributed by atoms with Crippen LogP contribution in [0.1, 0.15) is 47.7 Å². The minimum atomic E-state index is -0.619. The lowest BCUT2D eigenvalue weighted by Gasteiger charge is -2.37. The molecule has 1 aromatic carbocycles. The number of aromatic nitrogens is 2. The second-order valence-electron chi connectivity index (χ2n) is 11.0. The molecule has 1 saturated carbocycles. The van der Waals surface area contributed by atoms with Gasteiger partial charge in [0.2, 0.25) is 0 Å². The SMILES string of the molecule is CN1CCN([C@@H]2CCCN(c3cnc(C(N)=O)c(Nc4ccc(C5CC6CNC[C@H]6C5)cc4)n3)C2)C1=O. The lowest BCUT2D eigenvalue weighted by Crippen LogP contribution is -2.49. The van der Waals surface area contributed by atoms with Gasteiger partial charge in [-0.1, -0.05) is 12.1 Å². The number of carbonyl (C=O) groups is 2. The highest BCUT2D eigenvalue weighted by Gasteiger charge is 2.38. The largest absolute Gasteiger partial charge is 0.364 e. The molecule has 1 aromatic heterocycles. The lowest BCUT2D eigenvalue weighted by atomic mass is 9.96. The van der Waals surface area contributed by atoms with E-state index in [2.05, 4.69) is 32.7 Å². The minimum Gasteiger partial charge on any atom is -0.364 e. The Morgan fingerprint density at radius 1 is 1.11 bits per heavy atom. The van der Waals surface area contributed by atoms with Gasteiger partial charge >= 0.3 is 6.03 Å². The van der Waals surface area contributed by atoms with Crippen LogP contribution in [0.25, 0.3) is 0 Å². The first-order valence-corrected chi connectivity index (χ1v) is 13.5. The molecule has 2 aromatic rings. The summed E-state index contributed by atoms with van der Waals surface area (Å²) in [6, 6.07) is 8.69. The highest BCUT2D eigenvalue weighted by atomic mass is 16.2. The van der Waals surface area contributed by atoms with Crippen LogP contribution in [-0.4, -0.2) is 84.1 Å². The van der Waals surface area contributed by atoms with Crippen molar-refractivity contribution in [1.82, 2.24) is 25.1 Å². The predicted molar refractivity (Wildman–Crippen MR) is 142 cm³/mol. The molecule has 0 bridgehead atoms. The Kier molecular flexibility index (Phi) is 6.36. The zero-order valence-electron chi connectivity index (χ0n) is 21.4. The normalized spacial score (nSPS) is 27.6. The van der Waals surface area contributed by atoms with E-state index in [0.29, 0.717) is 24.1 Å². The van der Waals surface area contributed by atoms with Crippen LogP contribution in [-0.2, 0) is 0 Å². The van der Waals surface area contributed by atoms with Crippen LogP contribution in [0.15, 0.2) is 30.5 Å². The van der Waals surface area contributed by atoms with E-state index in [1.807, 2.05) is 24.1 Å². The monoisotopic (exact) mass is 504 g/mol. The fourth-order valence-corrected chi connectivity index (χ4v) is 6.64. The molecule has 4 atom stereocenters. The average Bonchev–Trinajstić information content (AvgIpc) is 3.60. The molecule has 1 aliphatic carbocycles. The van der Waals surface area contributed by atoms with E-state index < -0.39 is 5.91 Å². The molecule has 6 rings (SSSR count). The maximum absolute atomic E-state index is 12.5. The fraction of sp³-hybridized carbons (Fsp3) is 0.556. The van der Waals surface area contributed by atoms with Crippen LogP contribution < -0.4 is 21.3 Å². The summed E-state index contributed by atoms with van der Waals surface area (Å²) in [5, 5.41) is 6.80. The number of urea groups is 1. The van der Waals surface area contributed by atoms with E-state index in [1.165, 1.54) is 18.4 Å². The maximum atomic E-state index is 12.5. The molecular formula is C27H36N8O2. The molecule has 4 aliphatic rings. The van der Waals surface area contributed by atoms with Crippen LogP contribution in [0.2, 0.25) is 0 Å². The first-order valence-electron chi connectivity index (χ1n) is 13.5. The number of hydrogen-bond donors (Lipinski definition) is 3. The van der Waals surface area contributed by atoms with E-state index in [9.17, 15) is 9.59 Å². The van der Waals surface area contributed by atoms with Crippen LogP contribution in [0, 0.1) is 11.8 Å². The van der Waals surface area contributed by atoms with Gasteiger partial charge in [-0.05, 0) is 74.2 Å². The molecule has 37 heavy (non-hydrogen) atoms. The Bertz CT molecular complexity index is 1160. The second-order valence-corrected chi connectivity index (χ2v) is 11.0. The predicted octanol–water partition coefficient (Wildman–Crippen LogP) is 2.37. The number of hydrogen-bond acceptors (Lipinski definition) is 7. The van der Waals surface area contributed by atoms with Gasteiger partial charge in [0.15, 0.2) is 11.5 Å². The molecule has 2 unspecified atom stereocenters. The summed E-state index contributed by atoms with van der Waals surface area (Å²) in [6.45, 7) is 5.32. The maximum Gasteiger partial charge on any atom is 0.320 e. The number of nitrogens with zero attached hydrogens (tertiary/aromatic N) is 5. The van der Waals surface area contributed by atoms with E-state index >= 15 is 0 Å². The average molecular weight is 505 g/mol. The second kappa shape index (κ2) is 9.81. The summed E-state index contributed by atoms with van der Waals surface area (Å²) in [7, 11) is 1.85. The summed E-state index contributed by atoms with van der Waals surface area (Å²) in [4.78, 5) is 39.7. The molecular weight excluding hydrogens is 468 g/mol. The van der Waals surface area contributed by atoms with Crippen molar-refractivity contribution < 1.29 is 9.59 Å². The lowest BCUT2D eigenvalue weighted by molar-refractivity contribution is 0.0996. The van der Waals surface area contributed by atoms with Gasteiger partial charge in [-0.25, -0.2) is 14.8 Å². The van der Waals surface area contributed by atoms with E-state index in [1.54, 1.807) is 11.1 Å². The van der Waals surface area contributed by atoms with Gasteiger partial charge in [0.05, 0.1) is 12.2 Å². The summed E-state index contributed by atoms with van der Waals surface area (Å²) in [5.74, 6) is 2.64. The molecule has 0 spiro atoms. The Balaban J connectivity index is 1.18.